The van der Waals surface area contributed by atoms with Gasteiger partial charge in [0.1, 0.15) is 0 Å². The minimum Gasteiger partial charge on any atom is -0.454 e. The molecule has 1 N–H and O–H groups in total. The van der Waals surface area contributed by atoms with Gasteiger partial charge >= 0.3 is 0 Å². The first-order valence-corrected chi connectivity index (χ1v) is 11.1. The highest BCUT2D eigenvalue weighted by Gasteiger charge is 2.62. The lowest BCUT2D eigenvalue weighted by Gasteiger charge is -2.17. The van der Waals surface area contributed by atoms with Gasteiger partial charge < -0.3 is 14.8 Å². The van der Waals surface area contributed by atoms with Crippen molar-refractivity contribution in [2.45, 2.75) is 24.7 Å². The maximum atomic E-state index is 13.0. The number of hydrogen-bond donors (Lipinski definition) is 1. The highest BCUT2D eigenvalue weighted by Crippen LogP contribution is 2.59. The zero-order valence-corrected chi connectivity index (χ0v) is 16.9. The van der Waals surface area contributed by atoms with Crippen LogP contribution in [0.3, 0.4) is 0 Å². The van der Waals surface area contributed by atoms with Crippen molar-refractivity contribution in [3.05, 3.63) is 48.0 Å². The lowest BCUT2D eigenvalue weighted by molar-refractivity contribution is -0.118. The third-order valence-electron chi connectivity index (χ3n) is 6.12. The van der Waals surface area contributed by atoms with Crippen LogP contribution in [0.2, 0.25) is 0 Å². The van der Waals surface area contributed by atoms with Crippen LogP contribution in [0.1, 0.15) is 18.4 Å². The number of aryl methyl sites for hydroxylation is 1. The van der Waals surface area contributed by atoms with Gasteiger partial charge in [-0.15, -0.1) is 0 Å². The molecule has 7 nitrogen and oxygen atoms in total. The van der Waals surface area contributed by atoms with E-state index in [-0.39, 0.29) is 24.0 Å². The van der Waals surface area contributed by atoms with Crippen molar-refractivity contribution in [3.63, 3.8) is 0 Å². The highest BCUT2D eigenvalue weighted by atomic mass is 32.2. The summed E-state index contributed by atoms with van der Waals surface area (Å²) in [5.74, 6) is 1.03. The molecular weight excluding hydrogens is 392 g/mol. The van der Waals surface area contributed by atoms with Crippen LogP contribution in [0.5, 0.6) is 11.5 Å². The van der Waals surface area contributed by atoms with Crippen LogP contribution in [-0.4, -0.2) is 38.5 Å². The Bertz CT molecular complexity index is 1100. The van der Waals surface area contributed by atoms with Gasteiger partial charge in [0.05, 0.1) is 4.90 Å². The summed E-state index contributed by atoms with van der Waals surface area (Å²) in [4.78, 5) is 13.1. The fourth-order valence-electron chi connectivity index (χ4n) is 4.36. The summed E-state index contributed by atoms with van der Waals surface area (Å²) in [6.45, 7) is 2.90. The molecule has 1 spiro atoms. The Hall–Kier alpha value is -2.58. The summed E-state index contributed by atoms with van der Waals surface area (Å²) >= 11 is 0. The minimum atomic E-state index is -3.54. The minimum absolute atomic E-state index is 0.0707. The van der Waals surface area contributed by atoms with Gasteiger partial charge in [0.2, 0.25) is 22.7 Å². The Morgan fingerprint density at radius 1 is 1.17 bits per heavy atom. The quantitative estimate of drug-likeness (QED) is 0.832. The van der Waals surface area contributed by atoms with Gasteiger partial charge in [0.25, 0.3) is 0 Å². The van der Waals surface area contributed by atoms with Crippen LogP contribution >= 0.6 is 0 Å². The zero-order chi connectivity index (χ0) is 20.2. The number of anilines is 1. The molecule has 2 aromatic rings. The van der Waals surface area contributed by atoms with Gasteiger partial charge in [-0.3, -0.25) is 4.79 Å². The van der Waals surface area contributed by atoms with E-state index >= 15 is 0 Å². The Morgan fingerprint density at radius 2 is 2.00 bits per heavy atom. The zero-order valence-electron chi connectivity index (χ0n) is 16.1. The number of rotatable bonds is 4. The molecule has 1 aliphatic carbocycles. The smallest absolute Gasteiger partial charge is 0.243 e. The van der Waals surface area contributed by atoms with Crippen LogP contribution in [0, 0.1) is 18.3 Å². The summed E-state index contributed by atoms with van der Waals surface area (Å²) in [6, 6.07) is 12.3. The van der Waals surface area contributed by atoms with Crippen LogP contribution in [-0.2, 0) is 14.8 Å². The van der Waals surface area contributed by atoms with Crippen molar-refractivity contribution < 1.29 is 22.7 Å². The molecule has 2 aliphatic heterocycles. The van der Waals surface area contributed by atoms with Gasteiger partial charge in [0, 0.05) is 30.8 Å². The summed E-state index contributed by atoms with van der Waals surface area (Å²) in [7, 11) is -3.54. The molecular formula is C21H22N2O5S. The van der Waals surface area contributed by atoms with E-state index in [1.54, 1.807) is 36.4 Å². The van der Waals surface area contributed by atoms with E-state index in [0.29, 0.717) is 48.0 Å². The maximum Gasteiger partial charge on any atom is 0.243 e. The number of ether oxygens (including phenoxy) is 2. The van der Waals surface area contributed by atoms with E-state index in [1.807, 2.05) is 13.0 Å². The van der Waals surface area contributed by atoms with E-state index in [9.17, 15) is 13.2 Å². The molecule has 8 heteroatoms. The number of nitrogens with one attached hydrogen (secondary N) is 1. The normalized spacial score (nSPS) is 25.3. The molecule has 0 bridgehead atoms. The number of amides is 1. The Morgan fingerprint density at radius 3 is 2.83 bits per heavy atom. The van der Waals surface area contributed by atoms with Crippen LogP contribution in [0.25, 0.3) is 0 Å². The van der Waals surface area contributed by atoms with E-state index < -0.39 is 10.0 Å². The summed E-state index contributed by atoms with van der Waals surface area (Å²) < 4.78 is 38.1. The average Bonchev–Trinajstić information content (AvgIpc) is 3.02. The average molecular weight is 414 g/mol. The van der Waals surface area contributed by atoms with Gasteiger partial charge in [0.15, 0.2) is 11.5 Å². The molecule has 2 heterocycles. The number of carbonyl (C=O) groups excluding carboxylic acids is 1. The Labute approximate surface area is 169 Å². The number of sulfonamides is 1. The fraction of sp³-hybridized carbons (Fsp3) is 0.381. The first-order chi connectivity index (χ1) is 13.9. The van der Waals surface area contributed by atoms with Crippen molar-refractivity contribution in [1.29, 1.82) is 0 Å². The first-order valence-electron chi connectivity index (χ1n) is 9.65. The largest absolute Gasteiger partial charge is 0.454 e. The predicted molar refractivity (Wildman–Crippen MR) is 106 cm³/mol. The van der Waals surface area contributed by atoms with Crippen LogP contribution in [0.15, 0.2) is 47.4 Å². The number of carbonyl (C=O) groups is 1. The van der Waals surface area contributed by atoms with Crippen molar-refractivity contribution >= 4 is 21.6 Å². The molecule has 2 aromatic carbocycles. The fourth-order valence-corrected chi connectivity index (χ4v) is 6.00. The molecule has 1 saturated heterocycles. The second kappa shape index (κ2) is 6.47. The predicted octanol–water partition coefficient (Wildman–Crippen LogP) is 2.76. The maximum absolute atomic E-state index is 13.0. The van der Waals surface area contributed by atoms with Crippen molar-refractivity contribution in [1.82, 2.24) is 4.31 Å². The first kappa shape index (κ1) is 18.4. The molecule has 3 aliphatic rings. The Balaban J connectivity index is 1.26. The van der Waals surface area contributed by atoms with Gasteiger partial charge in [-0.25, -0.2) is 8.42 Å². The lowest BCUT2D eigenvalue weighted by atomic mass is 10.0. The van der Waals surface area contributed by atoms with Crippen molar-refractivity contribution in [2.75, 3.05) is 25.2 Å². The summed E-state index contributed by atoms with van der Waals surface area (Å²) in [5.41, 5.74) is 1.31. The third-order valence-corrected chi connectivity index (χ3v) is 7.97. The molecule has 0 radical (unpaired) electrons. The molecule has 1 saturated carbocycles. The summed E-state index contributed by atoms with van der Waals surface area (Å²) in [6.07, 6.45) is 1.42. The highest BCUT2D eigenvalue weighted by molar-refractivity contribution is 7.89. The van der Waals surface area contributed by atoms with Gasteiger partial charge in [-0.1, -0.05) is 12.1 Å². The van der Waals surface area contributed by atoms with Crippen molar-refractivity contribution in [2.24, 2.45) is 11.3 Å². The molecule has 2 unspecified atom stereocenters. The molecule has 0 aromatic heterocycles. The van der Waals surface area contributed by atoms with Crippen molar-refractivity contribution in [3.8, 4) is 11.5 Å². The van der Waals surface area contributed by atoms with E-state index in [1.165, 1.54) is 4.31 Å². The molecule has 29 heavy (non-hydrogen) atoms. The monoisotopic (exact) mass is 414 g/mol. The molecule has 152 valence electrons. The molecule has 5 rings (SSSR count). The number of nitrogens with zero attached hydrogens (tertiary/aromatic N) is 1. The lowest BCUT2D eigenvalue weighted by Crippen LogP contribution is -2.30. The number of fused-ring (bicyclic) bond motifs is 1. The second-order valence-corrected chi connectivity index (χ2v) is 10.0. The molecule has 2 fully saturated rings. The summed E-state index contributed by atoms with van der Waals surface area (Å²) in [5, 5.41) is 2.94. The Kier molecular flexibility index (Phi) is 4.11. The van der Waals surface area contributed by atoms with Gasteiger partial charge in [-0.05, 0) is 55.0 Å². The second-order valence-electron chi connectivity index (χ2n) is 8.08. The van der Waals surface area contributed by atoms with Gasteiger partial charge in [-0.2, -0.15) is 4.31 Å². The third kappa shape index (κ3) is 3.16. The number of hydrogen-bond acceptors (Lipinski definition) is 5. The number of benzene rings is 2. The standard InChI is InChI=1S/C21H22N2O5S/c1-14-3-2-4-16(9-14)29(25,26)23-8-7-21(12-23)11-17(21)20(24)22-15-5-6-18-19(10-15)28-13-27-18/h2-6,9-10,17H,7-8,11-13H2,1H3,(H,22,24). The van der Waals surface area contributed by atoms with E-state index in [2.05, 4.69) is 5.32 Å². The SMILES string of the molecule is Cc1cccc(S(=O)(=O)N2CCC3(CC3C(=O)Nc3ccc4c(c3)OCO4)C2)c1. The van der Waals surface area contributed by atoms with E-state index in [4.69, 9.17) is 9.47 Å². The van der Waals surface area contributed by atoms with Crippen LogP contribution < -0.4 is 14.8 Å². The molecule has 2 atom stereocenters. The molecule has 1 amide bonds. The van der Waals surface area contributed by atoms with Crippen LogP contribution in [0.4, 0.5) is 5.69 Å². The van der Waals surface area contributed by atoms with E-state index in [0.717, 1.165) is 5.56 Å². The topological polar surface area (TPSA) is 84.9 Å².